The summed E-state index contributed by atoms with van der Waals surface area (Å²) >= 11 is 0. The maximum atomic E-state index is 11.2. The molecule has 1 nitrogen and oxygen atoms in total. The van der Waals surface area contributed by atoms with Crippen LogP contribution in [0.2, 0.25) is 0 Å². The zero-order valence-corrected chi connectivity index (χ0v) is 16.7. The van der Waals surface area contributed by atoms with Gasteiger partial charge in [0.15, 0.2) is 0 Å². The van der Waals surface area contributed by atoms with Crippen molar-refractivity contribution in [2.45, 2.75) is 32.1 Å². The van der Waals surface area contributed by atoms with Gasteiger partial charge in [0.25, 0.3) is 0 Å². The monoisotopic (exact) mass is 372 g/mol. The van der Waals surface area contributed by atoms with Gasteiger partial charge in [-0.2, -0.15) is 0 Å². The molecule has 0 saturated heterocycles. The third-order valence-corrected chi connectivity index (χ3v) is 12.9. The van der Waals surface area contributed by atoms with Crippen LogP contribution in [0.4, 0.5) is 0 Å². The van der Waals surface area contributed by atoms with Crippen molar-refractivity contribution < 1.29 is 5.11 Å². The lowest BCUT2D eigenvalue weighted by Crippen LogP contribution is -2.44. The van der Waals surface area contributed by atoms with Crippen molar-refractivity contribution in [3.63, 3.8) is 0 Å². The molecule has 1 aromatic carbocycles. The minimum atomic E-state index is 0.213. The minimum Gasteiger partial charge on any atom is -0.396 e. The molecular formula is C27H32O. The summed E-state index contributed by atoms with van der Waals surface area (Å²) in [5, 5.41) is 11.2. The van der Waals surface area contributed by atoms with Gasteiger partial charge in [0.05, 0.1) is 0 Å². The molecule has 0 aromatic heterocycles. The summed E-state index contributed by atoms with van der Waals surface area (Å²) < 4.78 is 0. The van der Waals surface area contributed by atoms with E-state index in [1.54, 1.807) is 12.8 Å². The molecule has 3 unspecified atom stereocenters. The average molecular weight is 373 g/mol. The van der Waals surface area contributed by atoms with Gasteiger partial charge in [0.1, 0.15) is 0 Å². The first-order valence-electron chi connectivity index (χ1n) is 12.5. The fraction of sp³-hybridized carbons (Fsp3) is 0.778. The highest BCUT2D eigenvalue weighted by molar-refractivity contribution is 5.35. The van der Waals surface area contributed by atoms with Crippen molar-refractivity contribution in [3.8, 4) is 0 Å². The van der Waals surface area contributed by atoms with Gasteiger partial charge in [-0.1, -0.05) is 30.3 Å². The van der Waals surface area contributed by atoms with Gasteiger partial charge in [-0.15, -0.1) is 0 Å². The second-order valence-electron chi connectivity index (χ2n) is 12.5. The Hall–Kier alpha value is -0.820. The Bertz CT molecular complexity index is 830. The highest BCUT2D eigenvalue weighted by atomic mass is 16.3. The van der Waals surface area contributed by atoms with Gasteiger partial charge in [0.2, 0.25) is 0 Å². The zero-order valence-electron chi connectivity index (χ0n) is 16.7. The number of benzene rings is 1. The van der Waals surface area contributed by atoms with E-state index in [0.717, 1.165) is 82.9 Å². The molecule has 8 aliphatic rings. The molecule has 1 aromatic rings. The summed E-state index contributed by atoms with van der Waals surface area (Å²) in [7, 11) is 0. The van der Waals surface area contributed by atoms with Gasteiger partial charge < -0.3 is 5.11 Å². The summed E-state index contributed by atoms with van der Waals surface area (Å²) in [5.41, 5.74) is 1.72. The Morgan fingerprint density at radius 2 is 1.14 bits per heavy atom. The van der Waals surface area contributed by atoms with E-state index in [1.807, 2.05) is 0 Å². The molecule has 1 N–H and O–H groups in total. The molecule has 0 spiro atoms. The van der Waals surface area contributed by atoms with Crippen LogP contribution in [0.5, 0.6) is 0 Å². The van der Waals surface area contributed by atoms with E-state index in [9.17, 15) is 5.11 Å². The highest BCUT2D eigenvalue weighted by Gasteiger charge is 2.87. The Morgan fingerprint density at radius 3 is 1.71 bits per heavy atom. The third-order valence-electron chi connectivity index (χ3n) is 12.9. The number of hydrogen-bond donors (Lipinski definition) is 1. The summed E-state index contributed by atoms with van der Waals surface area (Å²) in [4.78, 5) is 0. The van der Waals surface area contributed by atoms with Crippen LogP contribution in [-0.4, -0.2) is 11.7 Å². The zero-order chi connectivity index (χ0) is 17.9. The van der Waals surface area contributed by atoms with E-state index in [0.29, 0.717) is 6.61 Å². The maximum absolute atomic E-state index is 11.2. The molecule has 8 saturated carbocycles. The van der Waals surface area contributed by atoms with Crippen LogP contribution in [0.3, 0.4) is 0 Å². The van der Waals surface area contributed by atoms with Crippen LogP contribution < -0.4 is 0 Å². The normalized spacial score (nSPS) is 67.3. The second kappa shape index (κ2) is 4.43. The molecule has 28 heavy (non-hydrogen) atoms. The fourth-order valence-corrected chi connectivity index (χ4v) is 13.6. The summed E-state index contributed by atoms with van der Waals surface area (Å²) in [6.45, 7) is 0.472. The first kappa shape index (κ1) is 15.1. The molecule has 0 aliphatic heterocycles. The van der Waals surface area contributed by atoms with E-state index in [1.165, 1.54) is 24.8 Å². The van der Waals surface area contributed by atoms with Gasteiger partial charge in [-0.3, -0.25) is 0 Å². The predicted molar refractivity (Wildman–Crippen MR) is 107 cm³/mol. The van der Waals surface area contributed by atoms with Crippen molar-refractivity contribution in [2.75, 3.05) is 6.61 Å². The first-order valence-corrected chi connectivity index (χ1v) is 12.5. The topological polar surface area (TPSA) is 20.2 Å². The van der Waals surface area contributed by atoms with Crippen molar-refractivity contribution in [3.05, 3.63) is 35.9 Å². The van der Waals surface area contributed by atoms with Gasteiger partial charge in [-0.05, 0) is 121 Å². The standard InChI is InChI=1S/C27H32O/c28-11-27(10-12-4-2-1-3-5-12)25-15-8-6-13-17-14-7-9-16-19(14)22-20(17)21(18(13)15)23(25)24(22)26(16)27/h1-5,13-26,28H,6-11H2/t13-,14+,15-,16-,17?,18+,19-,20?,21+,22-,23-,24-,25-,26-,27?/m1/s1. The number of aliphatic hydroxyl groups excluding tert-OH is 1. The van der Waals surface area contributed by atoms with Crippen molar-refractivity contribution in [1.82, 2.24) is 0 Å². The van der Waals surface area contributed by atoms with E-state index in [4.69, 9.17) is 0 Å². The molecular weight excluding hydrogens is 340 g/mol. The number of fused-ring (bicyclic) bond motifs is 4. The molecule has 0 heterocycles. The highest BCUT2D eigenvalue weighted by Crippen LogP contribution is 2.90. The van der Waals surface area contributed by atoms with Crippen LogP contribution in [0.1, 0.15) is 31.2 Å². The average Bonchev–Trinajstić information content (AvgIpc) is 3.48. The summed E-state index contributed by atoms with van der Waals surface area (Å²) in [5.74, 6) is 14.6. The van der Waals surface area contributed by atoms with Crippen molar-refractivity contribution in [2.24, 2.45) is 88.3 Å². The molecule has 0 amide bonds. The molecule has 8 aliphatic carbocycles. The fourth-order valence-electron chi connectivity index (χ4n) is 13.6. The molecule has 15 atom stereocenters. The van der Waals surface area contributed by atoms with Crippen molar-refractivity contribution in [1.29, 1.82) is 0 Å². The Labute approximate surface area is 168 Å². The van der Waals surface area contributed by atoms with Crippen molar-refractivity contribution >= 4 is 0 Å². The SMILES string of the molecule is OCC1(Cc2ccccc2)[C@@H]2[C@@H]3CC[C@H]4C5C6[C@H]([C@@H]2[C@H]2[C@H]6[C@@H]6[C@@H](CC[C@H]56)[C@H]21)[C@@H]34. The number of aliphatic hydroxyl groups is 1. The van der Waals surface area contributed by atoms with Gasteiger partial charge in [-0.25, -0.2) is 0 Å². The molecule has 0 bridgehead atoms. The Balaban J connectivity index is 1.30. The summed E-state index contributed by atoms with van der Waals surface area (Å²) in [6.07, 6.45) is 7.30. The largest absolute Gasteiger partial charge is 0.396 e. The lowest BCUT2D eigenvalue weighted by molar-refractivity contribution is -0.0119. The van der Waals surface area contributed by atoms with Crippen LogP contribution >= 0.6 is 0 Å². The lowest BCUT2D eigenvalue weighted by Gasteiger charge is -2.44. The number of hydrogen-bond acceptors (Lipinski definition) is 1. The second-order valence-corrected chi connectivity index (χ2v) is 12.5. The molecule has 8 fully saturated rings. The van der Waals surface area contributed by atoms with Gasteiger partial charge >= 0.3 is 0 Å². The van der Waals surface area contributed by atoms with Crippen LogP contribution in [0.15, 0.2) is 30.3 Å². The first-order chi connectivity index (χ1) is 13.8. The Kier molecular flexibility index (Phi) is 2.38. The van der Waals surface area contributed by atoms with E-state index in [2.05, 4.69) is 30.3 Å². The molecule has 1 heteroatoms. The number of rotatable bonds is 3. The van der Waals surface area contributed by atoms with E-state index < -0.39 is 0 Å². The quantitative estimate of drug-likeness (QED) is 0.828. The Morgan fingerprint density at radius 1 is 0.643 bits per heavy atom. The maximum Gasteiger partial charge on any atom is 0.0496 e. The molecule has 0 radical (unpaired) electrons. The van der Waals surface area contributed by atoms with Gasteiger partial charge in [0, 0.05) is 12.0 Å². The van der Waals surface area contributed by atoms with E-state index in [-0.39, 0.29) is 5.41 Å². The van der Waals surface area contributed by atoms with E-state index >= 15 is 0 Å². The van der Waals surface area contributed by atoms with Crippen LogP contribution in [0.25, 0.3) is 0 Å². The predicted octanol–water partition coefficient (Wildman–Crippen LogP) is 4.50. The summed E-state index contributed by atoms with van der Waals surface area (Å²) in [6, 6.07) is 11.3. The van der Waals surface area contributed by atoms with Crippen LogP contribution in [-0.2, 0) is 6.42 Å². The molecule has 146 valence electrons. The molecule has 9 rings (SSSR count). The third kappa shape index (κ3) is 1.24. The lowest BCUT2D eigenvalue weighted by atomic mass is 9.60. The minimum absolute atomic E-state index is 0.213. The van der Waals surface area contributed by atoms with Crippen LogP contribution in [0, 0.1) is 88.3 Å². The smallest absolute Gasteiger partial charge is 0.0496 e.